The summed E-state index contributed by atoms with van der Waals surface area (Å²) < 4.78 is 10.5. The Morgan fingerprint density at radius 2 is 2.17 bits per heavy atom. The lowest BCUT2D eigenvalue weighted by Gasteiger charge is -2.14. The van der Waals surface area contributed by atoms with Gasteiger partial charge in [-0.15, -0.1) is 0 Å². The third-order valence-corrected chi connectivity index (χ3v) is 3.81. The van der Waals surface area contributed by atoms with Gasteiger partial charge in [0.15, 0.2) is 6.61 Å². The van der Waals surface area contributed by atoms with Gasteiger partial charge in [-0.1, -0.05) is 11.6 Å². The van der Waals surface area contributed by atoms with E-state index in [1.54, 1.807) is 13.0 Å². The highest BCUT2D eigenvalue weighted by Crippen LogP contribution is 2.31. The van der Waals surface area contributed by atoms with Gasteiger partial charge in [0.25, 0.3) is 5.91 Å². The van der Waals surface area contributed by atoms with Crippen molar-refractivity contribution >= 4 is 34.5 Å². The highest BCUT2D eigenvalue weighted by molar-refractivity contribution is 6.32. The predicted molar refractivity (Wildman–Crippen MR) is 82.8 cm³/mol. The highest BCUT2D eigenvalue weighted by Gasteiger charge is 2.26. The van der Waals surface area contributed by atoms with Crippen LogP contribution in [0, 0.1) is 6.92 Å². The molecular formula is C15H13ClN2O5. The molecule has 7 nitrogen and oxygen atoms in total. The zero-order valence-corrected chi connectivity index (χ0v) is 13.0. The van der Waals surface area contributed by atoms with E-state index in [0.29, 0.717) is 24.1 Å². The minimum Gasteiger partial charge on any atom is -0.482 e. The molecule has 120 valence electrons. The van der Waals surface area contributed by atoms with Crippen LogP contribution in [-0.2, 0) is 4.79 Å². The largest absolute Gasteiger partial charge is 0.482 e. The van der Waals surface area contributed by atoms with Crippen molar-refractivity contribution in [1.29, 1.82) is 0 Å². The summed E-state index contributed by atoms with van der Waals surface area (Å²) in [4.78, 5) is 35.8. The number of nitrogens with zero attached hydrogens (tertiary/aromatic N) is 1. The number of carbonyl (C=O) groups is 2. The van der Waals surface area contributed by atoms with Crippen molar-refractivity contribution in [2.75, 3.05) is 19.7 Å². The molecule has 1 aliphatic rings. The van der Waals surface area contributed by atoms with Crippen LogP contribution in [0.4, 0.5) is 4.79 Å². The first kappa shape index (κ1) is 15.4. The summed E-state index contributed by atoms with van der Waals surface area (Å²) in [6.45, 7) is 2.16. The SMILES string of the molecule is Cc1cc(=O)oc2cc(OCC(=O)N3CCNC3=O)c(Cl)cc12. The van der Waals surface area contributed by atoms with Crippen LogP contribution < -0.4 is 15.7 Å². The van der Waals surface area contributed by atoms with Crippen LogP contribution in [-0.4, -0.2) is 36.5 Å². The van der Waals surface area contributed by atoms with Gasteiger partial charge >= 0.3 is 11.7 Å². The summed E-state index contributed by atoms with van der Waals surface area (Å²) in [5.74, 6) is -0.261. The minimum absolute atomic E-state index is 0.209. The number of nitrogens with one attached hydrogen (secondary N) is 1. The van der Waals surface area contributed by atoms with Gasteiger partial charge in [-0.3, -0.25) is 9.69 Å². The summed E-state index contributed by atoms with van der Waals surface area (Å²) >= 11 is 6.14. The minimum atomic E-state index is -0.479. The molecule has 0 bridgehead atoms. The van der Waals surface area contributed by atoms with Crippen LogP contribution in [0.2, 0.25) is 5.02 Å². The first-order valence-corrected chi connectivity index (χ1v) is 7.28. The van der Waals surface area contributed by atoms with E-state index in [0.717, 1.165) is 10.5 Å². The molecule has 0 radical (unpaired) electrons. The molecule has 8 heteroatoms. The van der Waals surface area contributed by atoms with Gasteiger partial charge < -0.3 is 14.5 Å². The third-order valence-electron chi connectivity index (χ3n) is 3.51. The number of hydrogen-bond donors (Lipinski definition) is 1. The molecule has 0 unspecified atom stereocenters. The second-order valence-corrected chi connectivity index (χ2v) is 5.50. The van der Waals surface area contributed by atoms with Crippen LogP contribution in [0.3, 0.4) is 0 Å². The number of halogens is 1. The number of urea groups is 1. The monoisotopic (exact) mass is 336 g/mol. The molecule has 1 aromatic carbocycles. The summed E-state index contributed by atoms with van der Waals surface area (Å²) in [5, 5.41) is 3.50. The van der Waals surface area contributed by atoms with E-state index < -0.39 is 17.6 Å². The van der Waals surface area contributed by atoms with Crippen LogP contribution in [0.15, 0.2) is 27.4 Å². The Hall–Kier alpha value is -2.54. The number of fused-ring (bicyclic) bond motifs is 1. The van der Waals surface area contributed by atoms with Crippen LogP contribution in [0.5, 0.6) is 5.75 Å². The molecule has 1 aliphatic heterocycles. The molecule has 3 rings (SSSR count). The van der Waals surface area contributed by atoms with E-state index in [2.05, 4.69) is 5.32 Å². The van der Waals surface area contributed by atoms with Crippen LogP contribution in [0.1, 0.15) is 5.56 Å². The van der Waals surface area contributed by atoms with E-state index in [1.165, 1.54) is 12.1 Å². The van der Waals surface area contributed by atoms with Crippen LogP contribution >= 0.6 is 11.6 Å². The Kier molecular flexibility index (Phi) is 3.96. The Balaban J connectivity index is 1.83. The van der Waals surface area contributed by atoms with Gasteiger partial charge in [0.2, 0.25) is 0 Å². The van der Waals surface area contributed by atoms with E-state index in [4.69, 9.17) is 20.8 Å². The second-order valence-electron chi connectivity index (χ2n) is 5.09. The van der Waals surface area contributed by atoms with E-state index in [1.807, 2.05) is 0 Å². The Morgan fingerprint density at radius 1 is 1.39 bits per heavy atom. The van der Waals surface area contributed by atoms with Gasteiger partial charge in [0.1, 0.15) is 11.3 Å². The molecule has 1 N–H and O–H groups in total. The normalized spacial score (nSPS) is 14.2. The Labute approximate surface area is 135 Å². The van der Waals surface area contributed by atoms with Gasteiger partial charge in [-0.2, -0.15) is 0 Å². The van der Waals surface area contributed by atoms with Gasteiger partial charge in [-0.25, -0.2) is 9.59 Å². The maximum absolute atomic E-state index is 11.9. The predicted octanol–water partition coefficient (Wildman–Crippen LogP) is 1.69. The lowest BCUT2D eigenvalue weighted by Crippen LogP contribution is -2.37. The van der Waals surface area contributed by atoms with Crippen molar-refractivity contribution < 1.29 is 18.7 Å². The molecule has 0 saturated carbocycles. The van der Waals surface area contributed by atoms with Crippen molar-refractivity contribution in [3.8, 4) is 5.75 Å². The molecule has 0 spiro atoms. The molecule has 3 amide bonds. The first-order chi connectivity index (χ1) is 11.0. The molecule has 1 saturated heterocycles. The molecule has 2 heterocycles. The fourth-order valence-electron chi connectivity index (χ4n) is 2.36. The summed E-state index contributed by atoms with van der Waals surface area (Å²) in [5.41, 5.74) is 0.573. The summed E-state index contributed by atoms with van der Waals surface area (Å²) in [7, 11) is 0. The topological polar surface area (TPSA) is 88.8 Å². The smallest absolute Gasteiger partial charge is 0.336 e. The number of rotatable bonds is 3. The number of imide groups is 1. The van der Waals surface area contributed by atoms with Crippen molar-refractivity contribution in [3.63, 3.8) is 0 Å². The molecule has 0 aliphatic carbocycles. The van der Waals surface area contributed by atoms with Gasteiger partial charge in [-0.05, 0) is 18.6 Å². The third kappa shape index (κ3) is 3.00. The Bertz CT molecular complexity index is 861. The van der Waals surface area contributed by atoms with Crippen LogP contribution in [0.25, 0.3) is 11.0 Å². The average Bonchev–Trinajstić information content (AvgIpc) is 2.92. The number of ether oxygens (including phenoxy) is 1. The molecular weight excluding hydrogens is 324 g/mol. The number of carbonyl (C=O) groups excluding carboxylic acids is 2. The van der Waals surface area contributed by atoms with E-state index in [9.17, 15) is 14.4 Å². The maximum atomic E-state index is 11.9. The maximum Gasteiger partial charge on any atom is 0.336 e. The number of aryl methyl sites for hydroxylation is 1. The van der Waals surface area contributed by atoms with E-state index >= 15 is 0 Å². The van der Waals surface area contributed by atoms with Crippen molar-refractivity contribution in [2.45, 2.75) is 6.92 Å². The number of amides is 3. The zero-order valence-electron chi connectivity index (χ0n) is 12.2. The number of hydrogen-bond acceptors (Lipinski definition) is 5. The number of benzene rings is 1. The van der Waals surface area contributed by atoms with Gasteiger partial charge in [0.05, 0.1) is 5.02 Å². The van der Waals surface area contributed by atoms with Crippen molar-refractivity contribution in [1.82, 2.24) is 10.2 Å². The molecule has 1 aromatic heterocycles. The fraction of sp³-hybridized carbons (Fsp3) is 0.267. The fourth-order valence-corrected chi connectivity index (χ4v) is 2.58. The standard InChI is InChI=1S/C15H13ClN2O5/c1-8-4-14(20)23-11-6-12(10(16)5-9(8)11)22-7-13(19)18-3-2-17-15(18)21/h4-6H,2-3,7H2,1H3,(H,17,21). The van der Waals surface area contributed by atoms with Gasteiger partial charge in [0, 0.05) is 30.6 Å². The highest BCUT2D eigenvalue weighted by atomic mass is 35.5. The summed E-state index contributed by atoms with van der Waals surface area (Å²) in [6, 6.07) is 4.00. The molecule has 2 aromatic rings. The van der Waals surface area contributed by atoms with Crippen molar-refractivity contribution in [3.05, 3.63) is 39.2 Å². The lowest BCUT2D eigenvalue weighted by molar-refractivity contribution is -0.129. The van der Waals surface area contributed by atoms with E-state index in [-0.39, 0.29) is 17.4 Å². The quantitative estimate of drug-likeness (QED) is 0.861. The average molecular weight is 337 g/mol. The second kappa shape index (κ2) is 5.92. The Morgan fingerprint density at radius 3 is 2.87 bits per heavy atom. The lowest BCUT2D eigenvalue weighted by atomic mass is 10.1. The first-order valence-electron chi connectivity index (χ1n) is 6.91. The zero-order chi connectivity index (χ0) is 16.6. The molecule has 0 atom stereocenters. The molecule has 23 heavy (non-hydrogen) atoms. The molecule has 1 fully saturated rings. The van der Waals surface area contributed by atoms with Crippen molar-refractivity contribution in [2.24, 2.45) is 0 Å². The summed E-state index contributed by atoms with van der Waals surface area (Å²) in [6.07, 6.45) is 0.